The van der Waals surface area contributed by atoms with Crippen LogP contribution in [-0.2, 0) is 16.2 Å². The van der Waals surface area contributed by atoms with Crippen molar-refractivity contribution in [3.63, 3.8) is 0 Å². The molecule has 194 valence electrons. The number of hydrogen-bond donors (Lipinski definition) is 0. The molecule has 2 aromatic carbocycles. The number of methoxy groups -OCH3 is 1. The summed E-state index contributed by atoms with van der Waals surface area (Å²) in [7, 11) is 1.62. The van der Waals surface area contributed by atoms with E-state index in [1.54, 1.807) is 7.11 Å². The first-order valence-electron chi connectivity index (χ1n) is 13.0. The van der Waals surface area contributed by atoms with E-state index in [1.807, 2.05) is 36.4 Å². The number of benzene rings is 2. The van der Waals surface area contributed by atoms with Crippen LogP contribution in [0.1, 0.15) is 68.9 Å². The Morgan fingerprint density at radius 1 is 0.919 bits per heavy atom. The number of halogens is 2. The maximum Gasteiger partial charge on any atom is 0.175 e. The molecule has 2 aromatic rings. The van der Waals surface area contributed by atoms with Crippen LogP contribution in [0, 0.1) is 0 Å². The molecule has 0 aromatic heterocycles. The molecule has 2 aliphatic carbocycles. The van der Waals surface area contributed by atoms with Crippen molar-refractivity contribution in [2.24, 2.45) is 0 Å². The number of Topliss-reactive ketones (excluding diaryl/α,β-unsaturated/α-hetero) is 2. The first-order chi connectivity index (χ1) is 17.9. The fourth-order valence-electron chi connectivity index (χ4n) is 5.83. The van der Waals surface area contributed by atoms with Gasteiger partial charge in [-0.25, -0.2) is 0 Å². The second-order valence-corrected chi connectivity index (χ2v) is 11.6. The Hall–Kier alpha value is -2.38. The summed E-state index contributed by atoms with van der Waals surface area (Å²) in [6.45, 7) is 3.37. The zero-order chi connectivity index (χ0) is 26.1. The van der Waals surface area contributed by atoms with Gasteiger partial charge in [0.25, 0.3) is 0 Å². The fraction of sp³-hybridized carbons (Fsp3) is 0.400. The van der Waals surface area contributed by atoms with E-state index in [2.05, 4.69) is 43.7 Å². The van der Waals surface area contributed by atoms with Gasteiger partial charge in [-0.1, -0.05) is 35.0 Å². The SMILES string of the molecule is CCCN1C2=C(C(=O)CCC2)C(c2cc(Br)c(OCc3ccc(Br)cc3)c(OC)c2)C2=C1CCCC2=O. The number of rotatable bonds is 7. The van der Waals surface area contributed by atoms with Crippen LogP contribution in [0.25, 0.3) is 0 Å². The summed E-state index contributed by atoms with van der Waals surface area (Å²) in [6, 6.07) is 11.9. The van der Waals surface area contributed by atoms with E-state index in [1.165, 1.54) is 0 Å². The van der Waals surface area contributed by atoms with E-state index >= 15 is 0 Å². The van der Waals surface area contributed by atoms with Crippen LogP contribution >= 0.6 is 31.9 Å². The Morgan fingerprint density at radius 2 is 1.54 bits per heavy atom. The van der Waals surface area contributed by atoms with Crippen molar-refractivity contribution < 1.29 is 19.1 Å². The second-order valence-electron chi connectivity index (χ2n) is 9.81. The summed E-state index contributed by atoms with van der Waals surface area (Å²) in [4.78, 5) is 29.2. The van der Waals surface area contributed by atoms with Crippen LogP contribution in [0.4, 0.5) is 0 Å². The highest BCUT2D eigenvalue weighted by atomic mass is 79.9. The molecule has 0 fully saturated rings. The molecule has 3 aliphatic rings. The average molecular weight is 629 g/mol. The summed E-state index contributed by atoms with van der Waals surface area (Å²) in [5, 5.41) is 0. The summed E-state index contributed by atoms with van der Waals surface area (Å²) in [5.41, 5.74) is 5.75. The molecule has 0 radical (unpaired) electrons. The summed E-state index contributed by atoms with van der Waals surface area (Å²) >= 11 is 7.17. The largest absolute Gasteiger partial charge is 0.493 e. The zero-order valence-corrected chi connectivity index (χ0v) is 24.4. The normalized spacial score (nSPS) is 18.2. The zero-order valence-electron chi connectivity index (χ0n) is 21.2. The van der Waals surface area contributed by atoms with Crippen LogP contribution in [0.5, 0.6) is 11.5 Å². The first-order valence-corrected chi connectivity index (χ1v) is 14.6. The van der Waals surface area contributed by atoms with Gasteiger partial charge in [0.2, 0.25) is 0 Å². The maximum atomic E-state index is 13.4. The van der Waals surface area contributed by atoms with Crippen LogP contribution in [0.3, 0.4) is 0 Å². The fourth-order valence-corrected chi connectivity index (χ4v) is 6.66. The van der Waals surface area contributed by atoms with Gasteiger partial charge in [-0.05, 0) is 83.4 Å². The van der Waals surface area contributed by atoms with Crippen LogP contribution < -0.4 is 9.47 Å². The van der Waals surface area contributed by atoms with E-state index in [0.717, 1.165) is 81.3 Å². The molecule has 0 unspecified atom stereocenters. The van der Waals surface area contributed by atoms with Gasteiger partial charge < -0.3 is 14.4 Å². The molecule has 0 saturated carbocycles. The third kappa shape index (κ3) is 5.05. The van der Waals surface area contributed by atoms with Crippen molar-refractivity contribution in [1.29, 1.82) is 0 Å². The topological polar surface area (TPSA) is 55.8 Å². The number of carbonyl (C=O) groups is 2. The summed E-state index contributed by atoms with van der Waals surface area (Å²) in [6.07, 6.45) is 5.47. The molecule has 0 N–H and O–H groups in total. The van der Waals surface area contributed by atoms with Crippen LogP contribution in [0.2, 0.25) is 0 Å². The van der Waals surface area contributed by atoms with Gasteiger partial charge in [0, 0.05) is 52.3 Å². The highest BCUT2D eigenvalue weighted by Crippen LogP contribution is 2.51. The minimum absolute atomic E-state index is 0.155. The third-order valence-electron chi connectivity index (χ3n) is 7.42. The van der Waals surface area contributed by atoms with E-state index in [9.17, 15) is 9.59 Å². The van der Waals surface area contributed by atoms with Gasteiger partial charge >= 0.3 is 0 Å². The lowest BCUT2D eigenvalue weighted by atomic mass is 9.71. The molecule has 0 atom stereocenters. The van der Waals surface area contributed by atoms with Crippen molar-refractivity contribution in [2.45, 2.75) is 64.4 Å². The second kappa shape index (κ2) is 11.2. The van der Waals surface area contributed by atoms with E-state index in [4.69, 9.17) is 9.47 Å². The smallest absolute Gasteiger partial charge is 0.175 e. The van der Waals surface area contributed by atoms with Crippen LogP contribution in [-0.4, -0.2) is 30.1 Å². The number of hydrogen-bond acceptors (Lipinski definition) is 5. The first kappa shape index (κ1) is 26.2. The Morgan fingerprint density at radius 3 is 2.11 bits per heavy atom. The standard InChI is InChI=1S/C30H31Br2NO4/c1-3-14-33-22-6-4-8-24(34)28(22)27(29-23(33)7-5-9-25(29)35)19-15-21(32)30(26(16-19)36-2)37-17-18-10-12-20(31)13-11-18/h10-13,15-16,27H,3-9,14,17H2,1-2H3. The lowest BCUT2D eigenvalue weighted by molar-refractivity contribution is -0.117. The summed E-state index contributed by atoms with van der Waals surface area (Å²) < 4.78 is 13.7. The minimum Gasteiger partial charge on any atom is -0.493 e. The molecule has 0 spiro atoms. The van der Waals surface area contributed by atoms with Gasteiger partial charge in [-0.3, -0.25) is 9.59 Å². The Kier molecular flexibility index (Phi) is 7.91. The number of allylic oxidation sites excluding steroid dienone is 4. The minimum atomic E-state index is -0.371. The predicted molar refractivity (Wildman–Crippen MR) is 151 cm³/mol. The Balaban J connectivity index is 1.59. The number of ether oxygens (including phenoxy) is 2. The molecule has 0 amide bonds. The highest BCUT2D eigenvalue weighted by molar-refractivity contribution is 9.10. The van der Waals surface area contributed by atoms with Gasteiger partial charge in [-0.2, -0.15) is 0 Å². The average Bonchev–Trinajstić information content (AvgIpc) is 2.89. The molecule has 0 saturated heterocycles. The van der Waals surface area contributed by atoms with Crippen LogP contribution in [0.15, 0.2) is 67.9 Å². The molecule has 7 heteroatoms. The molecule has 5 nitrogen and oxygen atoms in total. The molecular formula is C30H31Br2NO4. The van der Waals surface area contributed by atoms with E-state index < -0.39 is 0 Å². The quantitative estimate of drug-likeness (QED) is 0.316. The lowest BCUT2D eigenvalue weighted by Gasteiger charge is -2.44. The van der Waals surface area contributed by atoms with Gasteiger partial charge in [0.05, 0.1) is 11.6 Å². The third-order valence-corrected chi connectivity index (χ3v) is 8.53. The number of carbonyl (C=O) groups excluding carboxylic acids is 2. The maximum absolute atomic E-state index is 13.4. The number of nitrogens with zero attached hydrogens (tertiary/aromatic N) is 1. The molecule has 37 heavy (non-hydrogen) atoms. The molecular weight excluding hydrogens is 598 g/mol. The summed E-state index contributed by atoms with van der Waals surface area (Å²) in [5.74, 6) is 1.12. The number of ketones is 2. The van der Waals surface area contributed by atoms with Crippen molar-refractivity contribution in [3.05, 3.63) is 79.0 Å². The van der Waals surface area contributed by atoms with Gasteiger partial charge in [-0.15, -0.1) is 0 Å². The molecule has 5 rings (SSSR count). The Labute approximate surface area is 235 Å². The van der Waals surface area contributed by atoms with Gasteiger partial charge in [0.1, 0.15) is 6.61 Å². The van der Waals surface area contributed by atoms with E-state index in [0.29, 0.717) is 30.9 Å². The molecule has 1 aliphatic heterocycles. The Bertz CT molecular complexity index is 1250. The predicted octanol–water partition coefficient (Wildman–Crippen LogP) is 7.62. The molecule has 1 heterocycles. The monoisotopic (exact) mass is 627 g/mol. The highest BCUT2D eigenvalue weighted by Gasteiger charge is 2.43. The van der Waals surface area contributed by atoms with Crippen molar-refractivity contribution in [1.82, 2.24) is 4.90 Å². The van der Waals surface area contributed by atoms with E-state index in [-0.39, 0.29) is 17.5 Å². The van der Waals surface area contributed by atoms with Crippen molar-refractivity contribution in [2.75, 3.05) is 13.7 Å². The lowest BCUT2D eigenvalue weighted by Crippen LogP contribution is -2.39. The van der Waals surface area contributed by atoms with Gasteiger partial charge in [0.15, 0.2) is 23.1 Å². The molecule has 0 bridgehead atoms. The van der Waals surface area contributed by atoms with Crippen molar-refractivity contribution in [3.8, 4) is 11.5 Å². The van der Waals surface area contributed by atoms with Crippen molar-refractivity contribution >= 4 is 43.4 Å².